The maximum absolute atomic E-state index is 12.5. The Balaban J connectivity index is 4.23. The molecule has 2 N–H and O–H groups in total. The predicted molar refractivity (Wildman–Crippen MR) is 208 cm³/mol. The molecule has 0 radical (unpaired) electrons. The summed E-state index contributed by atoms with van der Waals surface area (Å²) in [5.74, 6) is -0.912. The second kappa shape index (κ2) is 38.2. The summed E-state index contributed by atoms with van der Waals surface area (Å²) in [6.07, 6.45) is 39.1. The van der Waals surface area contributed by atoms with Crippen molar-refractivity contribution < 1.29 is 37.6 Å². The van der Waals surface area contributed by atoms with E-state index in [0.29, 0.717) is 12.8 Å². The summed E-state index contributed by atoms with van der Waals surface area (Å²) in [5.41, 5.74) is 5.31. The Bertz CT molecular complexity index is 897. The molecule has 0 aliphatic carbocycles. The third-order valence-corrected chi connectivity index (χ3v) is 9.76. The van der Waals surface area contributed by atoms with Gasteiger partial charge in [-0.25, -0.2) is 0 Å². The minimum atomic E-state index is -4.63. The molecule has 0 rings (SSSR count). The van der Waals surface area contributed by atoms with Crippen molar-refractivity contribution in [1.82, 2.24) is 0 Å². The molecule has 9 nitrogen and oxygen atoms in total. The summed E-state index contributed by atoms with van der Waals surface area (Å²) in [6, 6.07) is 0. The SMILES string of the molecule is CCCCCCCCCCC/C=C/CCCCC(=O)OC[C@H](COP(=O)([O-])OCCN)OC(=O)CCCC/C=C/CCCCCCCCCCC. The lowest BCUT2D eigenvalue weighted by Crippen LogP contribution is -2.30. The van der Waals surface area contributed by atoms with E-state index in [1.54, 1.807) is 0 Å². The molecule has 0 bridgehead atoms. The summed E-state index contributed by atoms with van der Waals surface area (Å²) in [4.78, 5) is 36.9. The largest absolute Gasteiger partial charge is 0.756 e. The fourth-order valence-electron chi connectivity index (χ4n) is 5.68. The molecule has 0 aromatic rings. The van der Waals surface area contributed by atoms with Crippen molar-refractivity contribution in [3.8, 4) is 0 Å². The van der Waals surface area contributed by atoms with Gasteiger partial charge in [0.05, 0.1) is 13.2 Å². The average Bonchev–Trinajstić information content (AvgIpc) is 3.11. The summed E-state index contributed by atoms with van der Waals surface area (Å²) < 4.78 is 32.3. The molecule has 1 unspecified atom stereocenters. The zero-order valence-electron chi connectivity index (χ0n) is 32.8. The Kier molecular flexibility index (Phi) is 37.1. The van der Waals surface area contributed by atoms with E-state index in [9.17, 15) is 19.0 Å². The highest BCUT2D eigenvalue weighted by Gasteiger charge is 2.21. The molecule has 0 aromatic heterocycles. The molecule has 0 spiro atoms. The molecule has 0 saturated heterocycles. The normalized spacial score (nSPS) is 13.6. The smallest absolute Gasteiger partial charge is 0.306 e. The Morgan fingerprint density at radius 3 is 1.39 bits per heavy atom. The van der Waals surface area contributed by atoms with E-state index >= 15 is 0 Å². The van der Waals surface area contributed by atoms with Crippen molar-refractivity contribution in [3.05, 3.63) is 24.3 Å². The molecule has 2 atom stereocenters. The van der Waals surface area contributed by atoms with Gasteiger partial charge in [-0.05, 0) is 64.2 Å². The Morgan fingerprint density at radius 1 is 0.569 bits per heavy atom. The van der Waals surface area contributed by atoms with Crippen LogP contribution in [0, 0.1) is 0 Å². The van der Waals surface area contributed by atoms with Crippen molar-refractivity contribution in [2.24, 2.45) is 5.73 Å². The number of carbonyl (C=O) groups is 2. The maximum atomic E-state index is 12.5. The van der Waals surface area contributed by atoms with E-state index in [1.807, 2.05) is 0 Å². The van der Waals surface area contributed by atoms with Gasteiger partial charge in [-0.1, -0.05) is 141 Å². The van der Waals surface area contributed by atoms with Gasteiger partial charge < -0.3 is 29.1 Å². The molecule has 0 aromatic carbocycles. The lowest BCUT2D eigenvalue weighted by atomic mass is 10.1. The average molecular weight is 743 g/mol. The van der Waals surface area contributed by atoms with Crippen LogP contribution in [-0.2, 0) is 32.7 Å². The second-order valence-corrected chi connectivity index (χ2v) is 15.2. The van der Waals surface area contributed by atoms with Gasteiger partial charge in [-0.2, -0.15) is 0 Å². The summed E-state index contributed by atoms with van der Waals surface area (Å²) >= 11 is 0. The van der Waals surface area contributed by atoms with Gasteiger partial charge in [-0.3, -0.25) is 14.2 Å². The number of ether oxygens (including phenoxy) is 2. The lowest BCUT2D eigenvalue weighted by molar-refractivity contribution is -0.228. The van der Waals surface area contributed by atoms with E-state index in [4.69, 9.17) is 19.7 Å². The number of hydrogen-bond acceptors (Lipinski definition) is 9. The van der Waals surface area contributed by atoms with Crippen molar-refractivity contribution in [2.45, 2.75) is 200 Å². The minimum Gasteiger partial charge on any atom is -0.756 e. The minimum absolute atomic E-state index is 0.00909. The molecular formula is C41H77NO8P-. The summed E-state index contributed by atoms with van der Waals surface area (Å²) in [5, 5.41) is 0. The highest BCUT2D eigenvalue weighted by Crippen LogP contribution is 2.38. The van der Waals surface area contributed by atoms with E-state index in [0.717, 1.165) is 38.5 Å². The number of nitrogens with two attached hydrogens (primary N) is 1. The van der Waals surface area contributed by atoms with Crippen LogP contribution in [0.2, 0.25) is 0 Å². The Labute approximate surface area is 312 Å². The van der Waals surface area contributed by atoms with Crippen molar-refractivity contribution in [3.63, 3.8) is 0 Å². The first-order chi connectivity index (χ1) is 24.8. The highest BCUT2D eigenvalue weighted by atomic mass is 31.2. The first-order valence-corrected chi connectivity index (χ1v) is 22.3. The number of carbonyl (C=O) groups excluding carboxylic acids is 2. The van der Waals surface area contributed by atoms with Crippen LogP contribution in [0.15, 0.2) is 24.3 Å². The Morgan fingerprint density at radius 2 is 0.961 bits per heavy atom. The molecular weight excluding hydrogens is 665 g/mol. The number of allylic oxidation sites excluding steroid dienone is 4. The lowest BCUT2D eigenvalue weighted by Gasteiger charge is -2.25. The van der Waals surface area contributed by atoms with Crippen molar-refractivity contribution >= 4 is 19.8 Å². The van der Waals surface area contributed by atoms with Gasteiger partial charge in [0.1, 0.15) is 6.61 Å². The van der Waals surface area contributed by atoms with Gasteiger partial charge >= 0.3 is 11.9 Å². The number of rotatable bonds is 39. The Hall–Kier alpha value is -1.51. The van der Waals surface area contributed by atoms with Gasteiger partial charge in [0, 0.05) is 19.4 Å². The number of esters is 2. The molecule has 51 heavy (non-hydrogen) atoms. The van der Waals surface area contributed by atoms with E-state index in [1.165, 1.54) is 116 Å². The number of unbranched alkanes of at least 4 members (excludes halogenated alkanes) is 22. The molecule has 0 heterocycles. The quantitative estimate of drug-likeness (QED) is 0.0282. The van der Waals surface area contributed by atoms with Crippen LogP contribution in [0.25, 0.3) is 0 Å². The van der Waals surface area contributed by atoms with E-state index in [-0.39, 0.29) is 32.6 Å². The standard InChI is InChI=1S/C41H78NO8P/c1-3-5-7-9-11-13-15-17-19-21-23-25-27-29-31-33-40(43)47-37-39(38-49-51(45,46)48-36-35-42)50-41(44)34-32-30-28-26-24-22-20-18-16-14-12-10-8-6-4-2/h23-26,39H,3-22,27-38,42H2,1-2H3,(H,45,46)/p-1/b25-23+,26-24+/t39-/m1/s1. The number of hydrogen-bond donors (Lipinski definition) is 1. The van der Waals surface area contributed by atoms with Crippen LogP contribution < -0.4 is 10.6 Å². The van der Waals surface area contributed by atoms with Gasteiger partial charge in [0.15, 0.2) is 6.10 Å². The fourth-order valence-corrected chi connectivity index (χ4v) is 6.43. The third-order valence-electron chi connectivity index (χ3n) is 8.80. The van der Waals surface area contributed by atoms with Gasteiger partial charge in [0.2, 0.25) is 0 Å². The summed E-state index contributed by atoms with van der Waals surface area (Å²) in [7, 11) is -4.63. The summed E-state index contributed by atoms with van der Waals surface area (Å²) in [6.45, 7) is 3.49. The third kappa shape index (κ3) is 38.0. The van der Waals surface area contributed by atoms with E-state index < -0.39 is 32.5 Å². The molecule has 0 amide bonds. The molecule has 10 heteroatoms. The number of phosphoric ester groups is 1. The molecule has 0 aliphatic rings. The first-order valence-electron chi connectivity index (χ1n) is 20.8. The van der Waals surface area contributed by atoms with Crippen LogP contribution in [-0.4, -0.2) is 44.4 Å². The zero-order valence-corrected chi connectivity index (χ0v) is 33.7. The van der Waals surface area contributed by atoms with Crippen LogP contribution in [0.3, 0.4) is 0 Å². The van der Waals surface area contributed by atoms with Gasteiger partial charge in [-0.15, -0.1) is 0 Å². The van der Waals surface area contributed by atoms with Gasteiger partial charge in [0.25, 0.3) is 7.82 Å². The second-order valence-electron chi connectivity index (χ2n) is 13.8. The topological polar surface area (TPSA) is 137 Å². The predicted octanol–water partition coefficient (Wildman–Crippen LogP) is 11.0. The molecule has 0 aliphatic heterocycles. The maximum Gasteiger partial charge on any atom is 0.306 e. The van der Waals surface area contributed by atoms with Crippen molar-refractivity contribution in [2.75, 3.05) is 26.4 Å². The molecule has 300 valence electrons. The van der Waals surface area contributed by atoms with Crippen molar-refractivity contribution in [1.29, 1.82) is 0 Å². The zero-order chi connectivity index (χ0) is 37.5. The molecule has 0 saturated carbocycles. The van der Waals surface area contributed by atoms with Crippen LogP contribution in [0.1, 0.15) is 194 Å². The monoisotopic (exact) mass is 743 g/mol. The number of phosphoric acid groups is 1. The van der Waals surface area contributed by atoms with Crippen LogP contribution in [0.5, 0.6) is 0 Å². The molecule has 0 fully saturated rings. The first kappa shape index (κ1) is 49.5. The highest BCUT2D eigenvalue weighted by molar-refractivity contribution is 7.45. The van der Waals surface area contributed by atoms with Crippen LogP contribution in [0.4, 0.5) is 0 Å². The van der Waals surface area contributed by atoms with E-state index in [2.05, 4.69) is 42.7 Å². The van der Waals surface area contributed by atoms with Crippen LogP contribution >= 0.6 is 7.82 Å². The fraction of sp³-hybridized carbons (Fsp3) is 0.854.